The number of ketones is 1. The Kier molecular flexibility index (Phi) is 5.31. The van der Waals surface area contributed by atoms with Crippen molar-refractivity contribution >= 4 is 22.4 Å². The molecule has 0 amide bonds. The zero-order valence-corrected chi connectivity index (χ0v) is 16.4. The van der Waals surface area contributed by atoms with Crippen LogP contribution in [0.1, 0.15) is 48.5 Å². The fourth-order valence-corrected chi connectivity index (χ4v) is 4.20. The molecule has 1 aliphatic rings. The van der Waals surface area contributed by atoms with Crippen molar-refractivity contribution in [1.29, 1.82) is 0 Å². The second kappa shape index (κ2) is 8.06. The molecular formula is C22H23N3O5+2. The monoisotopic (exact) mass is 409 g/mol. The van der Waals surface area contributed by atoms with Crippen molar-refractivity contribution in [3.63, 3.8) is 0 Å². The fourth-order valence-electron chi connectivity index (χ4n) is 4.20. The van der Waals surface area contributed by atoms with Crippen LogP contribution in [0.3, 0.4) is 0 Å². The molecule has 8 nitrogen and oxygen atoms in total. The molecule has 8 heteroatoms. The smallest absolute Gasteiger partial charge is 0.459 e. The number of carbonyl (C=O) groups excluding carboxylic acids is 1. The Bertz CT molecular complexity index is 1120. The molecule has 0 spiro atoms. The Morgan fingerprint density at radius 1 is 1.03 bits per heavy atom. The summed E-state index contributed by atoms with van der Waals surface area (Å²) < 4.78 is 3.03. The first kappa shape index (κ1) is 19.8. The second-order valence-electron chi connectivity index (χ2n) is 7.62. The highest BCUT2D eigenvalue weighted by Gasteiger charge is 2.40. The summed E-state index contributed by atoms with van der Waals surface area (Å²) in [6, 6.07) is 12.3. The summed E-state index contributed by atoms with van der Waals surface area (Å²) in [6.45, 7) is -0.156. The van der Waals surface area contributed by atoms with Gasteiger partial charge in [-0.25, -0.2) is 0 Å². The van der Waals surface area contributed by atoms with Gasteiger partial charge in [-0.05, 0) is 31.0 Å². The van der Waals surface area contributed by atoms with Crippen LogP contribution in [0.4, 0.5) is 5.69 Å². The highest BCUT2D eigenvalue weighted by atomic mass is 16.6. The third-order valence-corrected chi connectivity index (χ3v) is 5.76. The molecule has 2 N–H and O–H groups in total. The molecule has 0 bridgehead atoms. The van der Waals surface area contributed by atoms with Gasteiger partial charge in [0.1, 0.15) is 0 Å². The predicted octanol–water partition coefficient (Wildman–Crippen LogP) is 3.12. The normalized spacial score (nSPS) is 14.7. The first-order chi connectivity index (χ1) is 14.5. The van der Waals surface area contributed by atoms with Crippen LogP contribution in [0.25, 0.3) is 10.9 Å². The summed E-state index contributed by atoms with van der Waals surface area (Å²) in [5, 5.41) is 33.3. The Hall–Kier alpha value is -3.55. The molecule has 0 aliphatic heterocycles. The molecule has 4 rings (SSSR count). The van der Waals surface area contributed by atoms with Gasteiger partial charge in [0.2, 0.25) is 17.8 Å². The van der Waals surface area contributed by atoms with Gasteiger partial charge in [0.05, 0.1) is 4.92 Å². The number of fused-ring (bicyclic) bond motifs is 1. The topological polar surface area (TPSA) is 108 Å². The molecule has 30 heavy (non-hydrogen) atoms. The van der Waals surface area contributed by atoms with E-state index in [0.717, 1.165) is 32.1 Å². The number of carbonyl (C=O) groups is 1. The van der Waals surface area contributed by atoms with Crippen molar-refractivity contribution in [1.82, 2.24) is 0 Å². The average Bonchev–Trinajstić information content (AvgIpc) is 2.77. The van der Waals surface area contributed by atoms with Crippen molar-refractivity contribution in [2.45, 2.75) is 44.7 Å². The van der Waals surface area contributed by atoms with E-state index >= 15 is 0 Å². The predicted molar refractivity (Wildman–Crippen MR) is 107 cm³/mol. The van der Waals surface area contributed by atoms with Crippen LogP contribution in [0.2, 0.25) is 0 Å². The van der Waals surface area contributed by atoms with Crippen molar-refractivity contribution < 1.29 is 29.1 Å². The Morgan fingerprint density at radius 3 is 2.37 bits per heavy atom. The van der Waals surface area contributed by atoms with Gasteiger partial charge in [-0.1, -0.05) is 27.7 Å². The van der Waals surface area contributed by atoms with Gasteiger partial charge in [-0.15, -0.1) is 0 Å². The first-order valence-electron chi connectivity index (χ1n) is 10.0. The van der Waals surface area contributed by atoms with Gasteiger partial charge in [-0.2, -0.15) is 0 Å². The van der Waals surface area contributed by atoms with Crippen LogP contribution in [0, 0.1) is 10.1 Å². The minimum Gasteiger partial charge on any atom is -0.459 e. The summed E-state index contributed by atoms with van der Waals surface area (Å²) in [4.78, 5) is 23.2. The summed E-state index contributed by atoms with van der Waals surface area (Å²) in [5.74, 6) is -0.301. The number of hydrogen-bond acceptors (Lipinski definition) is 5. The van der Waals surface area contributed by atoms with Crippen LogP contribution in [-0.2, 0) is 6.54 Å². The molecule has 3 aromatic rings. The first-order valence-corrected chi connectivity index (χ1v) is 10.0. The van der Waals surface area contributed by atoms with E-state index in [4.69, 9.17) is 0 Å². The van der Waals surface area contributed by atoms with E-state index < -0.39 is 4.92 Å². The Labute approximate surface area is 172 Å². The molecule has 0 unspecified atom stereocenters. The lowest BCUT2D eigenvalue weighted by Crippen LogP contribution is -2.52. The molecule has 2 aromatic carbocycles. The number of non-ortho nitro benzene ring substituents is 1. The summed E-state index contributed by atoms with van der Waals surface area (Å²) in [6.07, 6.45) is 4.86. The molecule has 0 saturated heterocycles. The molecule has 0 radical (unpaired) electrons. The van der Waals surface area contributed by atoms with E-state index in [1.807, 2.05) is 0 Å². The van der Waals surface area contributed by atoms with E-state index in [9.17, 15) is 25.1 Å². The molecule has 1 saturated carbocycles. The van der Waals surface area contributed by atoms with Crippen LogP contribution in [-0.4, -0.2) is 20.9 Å². The summed E-state index contributed by atoms with van der Waals surface area (Å²) in [5.41, 5.74) is 0.760. The quantitative estimate of drug-likeness (QED) is 0.291. The lowest BCUT2D eigenvalue weighted by molar-refractivity contribution is -0.830. The number of benzene rings is 2. The van der Waals surface area contributed by atoms with Gasteiger partial charge < -0.3 is 10.2 Å². The highest BCUT2D eigenvalue weighted by Crippen LogP contribution is 2.29. The Balaban J connectivity index is 1.77. The van der Waals surface area contributed by atoms with E-state index in [-0.39, 0.29) is 35.9 Å². The second-order valence-corrected chi connectivity index (χ2v) is 7.62. The number of hydrogen-bond donors (Lipinski definition) is 2. The highest BCUT2D eigenvalue weighted by molar-refractivity contribution is 5.95. The van der Waals surface area contributed by atoms with E-state index in [1.54, 1.807) is 24.3 Å². The molecule has 1 aliphatic carbocycles. The third kappa shape index (κ3) is 3.56. The van der Waals surface area contributed by atoms with Gasteiger partial charge in [0, 0.05) is 36.6 Å². The number of Topliss-reactive ketones (excluding diaryl/α,β-unsaturated/α-hetero) is 1. The zero-order chi connectivity index (χ0) is 21.3. The minimum atomic E-state index is -0.518. The van der Waals surface area contributed by atoms with Gasteiger partial charge in [0.15, 0.2) is 11.4 Å². The SMILES string of the molecule is O=C(C[n+]1c(O)[n+](C2CCCCC2)c(O)c2ccccc21)c1ccc([N+](=O)[O-])cc1. The van der Waals surface area contributed by atoms with Crippen LogP contribution in [0.5, 0.6) is 11.9 Å². The number of nitro groups is 1. The van der Waals surface area contributed by atoms with Gasteiger partial charge in [-0.3, -0.25) is 14.9 Å². The summed E-state index contributed by atoms with van der Waals surface area (Å²) >= 11 is 0. The molecule has 1 heterocycles. The van der Waals surface area contributed by atoms with Crippen molar-refractivity contribution in [2.75, 3.05) is 0 Å². The molecule has 0 atom stereocenters. The van der Waals surface area contributed by atoms with E-state index in [0.29, 0.717) is 16.5 Å². The standard InChI is InChI=1S/C22H21N3O5/c26-20(15-10-12-17(13-11-15)25(29)30)14-23-19-9-5-4-8-18(19)21(27)24(22(23)28)16-6-2-1-3-7-16/h4-5,8-13,16H,1-3,6-7,14H2/p+2. The van der Waals surface area contributed by atoms with Crippen molar-refractivity contribution in [3.05, 3.63) is 64.2 Å². The summed E-state index contributed by atoms with van der Waals surface area (Å²) in [7, 11) is 0. The number of para-hydroxylation sites is 1. The maximum absolute atomic E-state index is 12.9. The lowest BCUT2D eigenvalue weighted by atomic mass is 9.95. The Morgan fingerprint density at radius 2 is 1.70 bits per heavy atom. The number of rotatable bonds is 5. The van der Waals surface area contributed by atoms with Crippen molar-refractivity contribution in [2.24, 2.45) is 0 Å². The molecule has 1 fully saturated rings. The number of aromatic nitrogens is 2. The third-order valence-electron chi connectivity index (χ3n) is 5.76. The van der Waals surface area contributed by atoms with Gasteiger partial charge >= 0.3 is 11.9 Å². The number of aromatic hydroxyl groups is 2. The maximum atomic E-state index is 12.9. The molecule has 154 valence electrons. The van der Waals surface area contributed by atoms with E-state index in [2.05, 4.69) is 0 Å². The van der Waals surface area contributed by atoms with E-state index in [1.165, 1.54) is 33.4 Å². The fraction of sp³-hybridized carbons (Fsp3) is 0.318. The van der Waals surface area contributed by atoms with Crippen LogP contribution in [0.15, 0.2) is 48.5 Å². The number of nitro benzene ring substituents is 1. The van der Waals surface area contributed by atoms with Crippen LogP contribution >= 0.6 is 0 Å². The lowest BCUT2D eigenvalue weighted by Gasteiger charge is -2.17. The largest absolute Gasteiger partial charge is 0.632 e. The van der Waals surface area contributed by atoms with Gasteiger partial charge in [0.25, 0.3) is 5.69 Å². The molecule has 1 aromatic heterocycles. The van der Waals surface area contributed by atoms with Crippen molar-refractivity contribution in [3.8, 4) is 11.9 Å². The minimum absolute atomic E-state index is 0.00552. The zero-order valence-electron chi connectivity index (χ0n) is 16.4. The average molecular weight is 409 g/mol. The number of nitrogens with zero attached hydrogens (tertiary/aromatic N) is 3. The maximum Gasteiger partial charge on any atom is 0.632 e. The van der Waals surface area contributed by atoms with Crippen LogP contribution < -0.4 is 9.13 Å². The molecular weight excluding hydrogens is 386 g/mol.